The Hall–Kier alpha value is -1.03. The van der Waals surface area contributed by atoms with Gasteiger partial charge in [0.2, 0.25) is 0 Å². The lowest BCUT2D eigenvalue weighted by Gasteiger charge is -2.20. The largest absolute Gasteiger partial charge is 0.492 e. The van der Waals surface area contributed by atoms with Crippen LogP contribution in [0.5, 0.6) is 5.75 Å². The number of Topliss-reactive ketones (excluding diaryl/α,β-unsaturated/α-hetero) is 1. The number of aromatic nitrogens is 1. The summed E-state index contributed by atoms with van der Waals surface area (Å²) >= 11 is 1.80. The van der Waals surface area contributed by atoms with Crippen molar-refractivity contribution in [2.24, 2.45) is 0 Å². The second kappa shape index (κ2) is 7.53. The molecule has 1 aliphatic carbocycles. The lowest BCUT2D eigenvalue weighted by atomic mass is 10.0. The number of ether oxygens (including phenoxy) is 1. The van der Waals surface area contributed by atoms with Gasteiger partial charge in [-0.05, 0) is 25.8 Å². The van der Waals surface area contributed by atoms with E-state index < -0.39 is 0 Å². The summed E-state index contributed by atoms with van der Waals surface area (Å²) in [6.07, 6.45) is 9.77. The monoisotopic (exact) mass is 279 g/mol. The molecule has 1 heterocycles. The summed E-state index contributed by atoms with van der Waals surface area (Å²) < 4.78 is 5.37. The van der Waals surface area contributed by atoms with Crippen LogP contribution in [0.2, 0.25) is 0 Å². The molecule has 0 amide bonds. The van der Waals surface area contributed by atoms with Crippen LogP contribution in [-0.4, -0.2) is 28.4 Å². The van der Waals surface area contributed by atoms with Gasteiger partial charge in [-0.25, -0.2) is 0 Å². The topological polar surface area (TPSA) is 39.2 Å². The van der Waals surface area contributed by atoms with Gasteiger partial charge >= 0.3 is 0 Å². The third kappa shape index (κ3) is 4.53. The van der Waals surface area contributed by atoms with Crippen molar-refractivity contribution >= 4 is 17.5 Å². The molecular weight excluding hydrogens is 258 g/mol. The van der Waals surface area contributed by atoms with Crippen LogP contribution in [0.1, 0.15) is 49.4 Å². The Morgan fingerprint density at radius 3 is 2.89 bits per heavy atom. The Kier molecular flexibility index (Phi) is 5.70. The van der Waals surface area contributed by atoms with E-state index in [0.29, 0.717) is 28.9 Å². The first kappa shape index (κ1) is 14.4. The molecule has 3 nitrogen and oxygen atoms in total. The highest BCUT2D eigenvalue weighted by Gasteiger charge is 2.16. The van der Waals surface area contributed by atoms with E-state index in [2.05, 4.69) is 4.98 Å². The maximum atomic E-state index is 12.1. The van der Waals surface area contributed by atoms with Gasteiger partial charge in [-0.15, -0.1) is 0 Å². The minimum atomic E-state index is 0.157. The van der Waals surface area contributed by atoms with E-state index in [4.69, 9.17) is 4.74 Å². The molecule has 0 aliphatic heterocycles. The van der Waals surface area contributed by atoms with E-state index in [-0.39, 0.29) is 5.78 Å². The molecule has 0 atom stereocenters. The highest BCUT2D eigenvalue weighted by Crippen LogP contribution is 2.28. The highest BCUT2D eigenvalue weighted by atomic mass is 32.2. The van der Waals surface area contributed by atoms with Crippen molar-refractivity contribution in [3.63, 3.8) is 0 Å². The average Bonchev–Trinajstić information content (AvgIpc) is 2.46. The summed E-state index contributed by atoms with van der Waals surface area (Å²) in [6, 6.07) is 1.79. The molecule has 4 heteroatoms. The Morgan fingerprint density at radius 1 is 1.37 bits per heavy atom. The molecule has 2 rings (SSSR count). The smallest absolute Gasteiger partial charge is 0.174 e. The number of ketones is 1. The van der Waals surface area contributed by atoms with Crippen molar-refractivity contribution in [3.8, 4) is 5.75 Å². The molecule has 0 aromatic carbocycles. The average molecular weight is 279 g/mol. The van der Waals surface area contributed by atoms with Crippen LogP contribution in [-0.2, 0) is 0 Å². The number of hydrogen-bond acceptors (Lipinski definition) is 4. The van der Waals surface area contributed by atoms with Gasteiger partial charge in [0.1, 0.15) is 5.75 Å². The predicted octanol–water partition coefficient (Wildman–Crippen LogP) is 3.73. The van der Waals surface area contributed by atoms with Crippen molar-refractivity contribution in [2.45, 2.75) is 44.3 Å². The molecule has 19 heavy (non-hydrogen) atoms. The summed E-state index contributed by atoms with van der Waals surface area (Å²) in [6.45, 7) is 2.52. The van der Waals surface area contributed by atoms with E-state index in [0.717, 1.165) is 0 Å². The van der Waals surface area contributed by atoms with Crippen LogP contribution in [0.4, 0.5) is 0 Å². The minimum Gasteiger partial charge on any atom is -0.492 e. The molecule has 0 saturated heterocycles. The molecule has 0 spiro atoms. The molecule has 1 aromatic rings. The lowest BCUT2D eigenvalue weighted by Crippen LogP contribution is -2.12. The predicted molar refractivity (Wildman–Crippen MR) is 79.1 cm³/mol. The molecule has 0 N–H and O–H groups in total. The summed E-state index contributed by atoms with van der Waals surface area (Å²) in [7, 11) is 0. The zero-order chi connectivity index (χ0) is 13.5. The number of pyridine rings is 1. The van der Waals surface area contributed by atoms with Crippen LogP contribution in [0.3, 0.4) is 0 Å². The normalized spacial score (nSPS) is 16.3. The zero-order valence-corrected chi connectivity index (χ0v) is 12.2. The van der Waals surface area contributed by atoms with Crippen molar-refractivity contribution < 1.29 is 9.53 Å². The molecule has 1 aromatic heterocycles. The summed E-state index contributed by atoms with van der Waals surface area (Å²) in [5.41, 5.74) is 0.661. The van der Waals surface area contributed by atoms with E-state index in [1.807, 2.05) is 6.92 Å². The van der Waals surface area contributed by atoms with Crippen LogP contribution in [0.25, 0.3) is 0 Å². The fourth-order valence-electron chi connectivity index (χ4n) is 2.33. The second-order valence-electron chi connectivity index (χ2n) is 4.84. The van der Waals surface area contributed by atoms with E-state index in [1.54, 1.807) is 30.2 Å². The zero-order valence-electron chi connectivity index (χ0n) is 11.4. The summed E-state index contributed by atoms with van der Waals surface area (Å²) in [4.78, 5) is 16.2. The van der Waals surface area contributed by atoms with Gasteiger partial charge in [0.05, 0.1) is 18.6 Å². The third-order valence-electron chi connectivity index (χ3n) is 3.35. The van der Waals surface area contributed by atoms with Gasteiger partial charge in [-0.2, -0.15) is 11.8 Å². The van der Waals surface area contributed by atoms with Crippen molar-refractivity contribution in [2.75, 3.05) is 12.4 Å². The molecule has 0 unspecified atom stereocenters. The highest BCUT2D eigenvalue weighted by molar-refractivity contribution is 8.00. The maximum absolute atomic E-state index is 12.1. The molecule has 0 radical (unpaired) electrons. The summed E-state index contributed by atoms with van der Waals surface area (Å²) in [5, 5.41) is 0.667. The van der Waals surface area contributed by atoms with Crippen molar-refractivity contribution in [3.05, 3.63) is 24.0 Å². The Balaban J connectivity index is 1.86. The molecular formula is C15H21NO2S. The van der Waals surface area contributed by atoms with E-state index in [9.17, 15) is 4.79 Å². The van der Waals surface area contributed by atoms with Crippen LogP contribution < -0.4 is 4.74 Å². The first-order valence-electron chi connectivity index (χ1n) is 7.02. The van der Waals surface area contributed by atoms with Gasteiger partial charge < -0.3 is 4.74 Å². The molecule has 0 bridgehead atoms. The van der Waals surface area contributed by atoms with Crippen LogP contribution >= 0.6 is 11.8 Å². The van der Waals surface area contributed by atoms with Gasteiger partial charge in [-0.1, -0.05) is 19.3 Å². The standard InChI is InChI=1S/C15H21NO2S/c1-2-18-13-8-12(9-16-10-13)15(17)11-19-14-6-4-3-5-7-14/h8-10,14H,2-7,11H2,1H3. The Bertz CT molecular complexity index is 416. The van der Waals surface area contributed by atoms with Gasteiger partial charge in [-0.3, -0.25) is 9.78 Å². The number of hydrogen-bond donors (Lipinski definition) is 0. The van der Waals surface area contributed by atoms with E-state index >= 15 is 0 Å². The minimum absolute atomic E-state index is 0.157. The van der Waals surface area contributed by atoms with Gasteiger partial charge in [0, 0.05) is 17.0 Å². The first-order valence-corrected chi connectivity index (χ1v) is 8.07. The van der Waals surface area contributed by atoms with Crippen LogP contribution in [0, 0.1) is 0 Å². The van der Waals surface area contributed by atoms with Crippen molar-refractivity contribution in [1.29, 1.82) is 0 Å². The molecule has 1 fully saturated rings. The fourth-order valence-corrected chi connectivity index (χ4v) is 3.55. The number of rotatable bonds is 6. The van der Waals surface area contributed by atoms with Crippen LogP contribution in [0.15, 0.2) is 18.5 Å². The quantitative estimate of drug-likeness (QED) is 0.744. The number of thioether (sulfide) groups is 1. The van der Waals surface area contributed by atoms with Gasteiger partial charge in [0.15, 0.2) is 5.78 Å². The van der Waals surface area contributed by atoms with Gasteiger partial charge in [0.25, 0.3) is 0 Å². The molecule has 104 valence electrons. The Morgan fingerprint density at radius 2 is 2.16 bits per heavy atom. The molecule has 1 aliphatic rings. The second-order valence-corrected chi connectivity index (χ2v) is 6.13. The Labute approximate surface area is 119 Å². The number of carbonyl (C=O) groups excluding carboxylic acids is 1. The fraction of sp³-hybridized carbons (Fsp3) is 0.600. The number of carbonyl (C=O) groups is 1. The SMILES string of the molecule is CCOc1cncc(C(=O)CSC2CCCCC2)c1. The molecule has 1 saturated carbocycles. The van der Waals surface area contributed by atoms with Crippen molar-refractivity contribution in [1.82, 2.24) is 4.98 Å². The maximum Gasteiger partial charge on any atom is 0.174 e. The first-order chi connectivity index (χ1) is 9.29. The summed E-state index contributed by atoms with van der Waals surface area (Å²) in [5.74, 6) is 1.39. The lowest BCUT2D eigenvalue weighted by molar-refractivity contribution is 0.102. The number of nitrogens with zero attached hydrogens (tertiary/aromatic N) is 1. The third-order valence-corrected chi connectivity index (χ3v) is 4.72. The van der Waals surface area contributed by atoms with E-state index in [1.165, 1.54) is 32.1 Å².